The Bertz CT molecular complexity index is 1310. The highest BCUT2D eigenvalue weighted by Gasteiger charge is 2.54. The Hall–Kier alpha value is -1.86. The van der Waals surface area contributed by atoms with Gasteiger partial charge in [0.05, 0.1) is 16.7 Å². The van der Waals surface area contributed by atoms with Gasteiger partial charge in [-0.25, -0.2) is 12.7 Å². The van der Waals surface area contributed by atoms with E-state index in [0.29, 0.717) is 42.3 Å². The number of carbonyl (C=O) groups excluding carboxylic acids is 1. The number of nitrogens with zero attached hydrogens (tertiary/aromatic N) is 2. The van der Waals surface area contributed by atoms with E-state index in [1.165, 1.54) is 4.31 Å². The lowest BCUT2D eigenvalue weighted by molar-refractivity contribution is -0.155. The first-order valence-electron chi connectivity index (χ1n) is 13.4. The van der Waals surface area contributed by atoms with Gasteiger partial charge in [-0.2, -0.15) is 0 Å². The molecule has 1 heterocycles. The Balaban J connectivity index is 1.64. The van der Waals surface area contributed by atoms with Gasteiger partial charge in [0.1, 0.15) is 0 Å². The predicted molar refractivity (Wildman–Crippen MR) is 154 cm³/mol. The minimum atomic E-state index is -3.38. The van der Waals surface area contributed by atoms with E-state index < -0.39 is 15.4 Å². The first-order chi connectivity index (χ1) is 18.0. The number of halogens is 2. The van der Waals surface area contributed by atoms with Gasteiger partial charge < -0.3 is 4.90 Å². The van der Waals surface area contributed by atoms with Crippen LogP contribution in [0.1, 0.15) is 68.5 Å². The van der Waals surface area contributed by atoms with Crippen LogP contribution in [0.25, 0.3) is 0 Å². The molecule has 38 heavy (non-hydrogen) atoms. The minimum Gasteiger partial charge on any atom is -0.330 e. The first kappa shape index (κ1) is 27.7. The molecule has 1 saturated heterocycles. The SMILES string of the molecule is C=CCC1(C)CC(c2cccc(Cl)c2)C(c2ccc(Cl)cc2)N(C(CN(C)S(=O)(=O)C2CC2)C2CC2)C1=O. The van der Waals surface area contributed by atoms with Crippen molar-refractivity contribution in [1.29, 1.82) is 0 Å². The molecule has 5 nitrogen and oxygen atoms in total. The predicted octanol–water partition coefficient (Wildman–Crippen LogP) is 6.84. The molecule has 2 aromatic carbocycles. The fourth-order valence-corrected chi connectivity index (χ4v) is 8.11. The summed E-state index contributed by atoms with van der Waals surface area (Å²) in [6.45, 7) is 6.28. The Morgan fingerprint density at radius 3 is 2.34 bits per heavy atom. The molecule has 1 aliphatic heterocycles. The van der Waals surface area contributed by atoms with Gasteiger partial charge in [-0.3, -0.25) is 4.79 Å². The zero-order valence-electron chi connectivity index (χ0n) is 22.0. The van der Waals surface area contributed by atoms with E-state index in [4.69, 9.17) is 23.2 Å². The van der Waals surface area contributed by atoms with E-state index in [1.54, 1.807) is 7.05 Å². The molecule has 1 amide bonds. The summed E-state index contributed by atoms with van der Waals surface area (Å²) < 4.78 is 27.8. The Kier molecular flexibility index (Phi) is 7.73. The van der Waals surface area contributed by atoms with Gasteiger partial charge in [-0.15, -0.1) is 6.58 Å². The summed E-state index contributed by atoms with van der Waals surface area (Å²) in [5.41, 5.74) is 1.39. The molecule has 2 aromatic rings. The second-order valence-corrected chi connectivity index (χ2v) is 14.8. The fraction of sp³-hybridized carbons (Fsp3) is 0.500. The number of allylic oxidation sites excluding steroid dienone is 1. The van der Waals surface area contributed by atoms with E-state index in [9.17, 15) is 13.2 Å². The van der Waals surface area contributed by atoms with Crippen LogP contribution in [-0.2, 0) is 14.8 Å². The molecule has 2 saturated carbocycles. The van der Waals surface area contributed by atoms with Crippen LogP contribution in [-0.4, -0.2) is 48.4 Å². The summed E-state index contributed by atoms with van der Waals surface area (Å²) in [6.07, 6.45) is 6.40. The Labute approximate surface area is 236 Å². The number of hydrogen-bond acceptors (Lipinski definition) is 3. The van der Waals surface area contributed by atoms with Gasteiger partial charge in [-0.1, -0.05) is 60.5 Å². The number of benzene rings is 2. The molecule has 0 N–H and O–H groups in total. The molecule has 0 radical (unpaired) electrons. The van der Waals surface area contributed by atoms with E-state index in [2.05, 4.69) is 12.6 Å². The van der Waals surface area contributed by atoms with E-state index in [0.717, 1.165) is 24.0 Å². The van der Waals surface area contributed by atoms with Crippen molar-refractivity contribution in [1.82, 2.24) is 9.21 Å². The molecule has 8 heteroatoms. The largest absolute Gasteiger partial charge is 0.330 e. The molecule has 3 fully saturated rings. The third kappa shape index (κ3) is 5.42. The molecule has 3 aliphatic rings. The number of amides is 1. The van der Waals surface area contributed by atoms with E-state index in [1.807, 2.05) is 60.4 Å². The van der Waals surface area contributed by atoms with Gasteiger partial charge in [-0.05, 0) is 79.8 Å². The molecule has 2 aliphatic carbocycles. The molecule has 0 bridgehead atoms. The Morgan fingerprint density at radius 1 is 1.08 bits per heavy atom. The number of rotatable bonds is 10. The van der Waals surface area contributed by atoms with Gasteiger partial charge in [0.15, 0.2) is 0 Å². The standard InChI is InChI=1S/C30H36Cl2N2O3S/c1-4-16-30(2)18-26(22-6-5-7-24(32)17-22)28(21-10-12-23(31)13-11-21)34(29(30)35)27(20-8-9-20)19-33(3)38(36,37)25-14-15-25/h4-7,10-13,17,20,25-28H,1,8-9,14-16,18-19H2,2-3H3. The van der Waals surface area contributed by atoms with E-state index >= 15 is 0 Å². The number of piperidine rings is 1. The lowest BCUT2D eigenvalue weighted by Gasteiger charge is -2.52. The molecule has 4 unspecified atom stereocenters. The maximum absolute atomic E-state index is 14.5. The molecule has 0 spiro atoms. The second kappa shape index (κ2) is 10.6. The van der Waals surface area contributed by atoms with Crippen LogP contribution in [0.5, 0.6) is 0 Å². The average Bonchev–Trinajstić information content (AvgIpc) is 3.78. The maximum atomic E-state index is 14.5. The highest BCUT2D eigenvalue weighted by Crippen LogP contribution is 2.54. The van der Waals surface area contributed by atoms with Gasteiger partial charge in [0, 0.05) is 35.6 Å². The summed E-state index contributed by atoms with van der Waals surface area (Å²) in [6, 6.07) is 15.1. The van der Waals surface area contributed by atoms with Gasteiger partial charge in [0.2, 0.25) is 15.9 Å². The summed E-state index contributed by atoms with van der Waals surface area (Å²) in [7, 11) is -1.70. The third-order valence-electron chi connectivity index (χ3n) is 8.53. The van der Waals surface area contributed by atoms with Crippen molar-refractivity contribution < 1.29 is 13.2 Å². The number of carbonyl (C=O) groups is 1. The zero-order valence-corrected chi connectivity index (χ0v) is 24.4. The first-order valence-corrected chi connectivity index (χ1v) is 15.7. The third-order valence-corrected chi connectivity index (χ3v) is 11.4. The average molecular weight is 576 g/mol. The zero-order chi connectivity index (χ0) is 27.2. The van der Waals surface area contributed by atoms with Crippen molar-refractivity contribution in [2.24, 2.45) is 11.3 Å². The number of likely N-dealkylation sites (tertiary alicyclic amines) is 1. The summed E-state index contributed by atoms with van der Waals surface area (Å²) >= 11 is 12.7. The topological polar surface area (TPSA) is 57.7 Å². The van der Waals surface area contributed by atoms with Crippen LogP contribution >= 0.6 is 23.2 Å². The van der Waals surface area contributed by atoms with Crippen LogP contribution in [0.3, 0.4) is 0 Å². The molecular formula is C30H36Cl2N2O3S. The number of hydrogen-bond donors (Lipinski definition) is 0. The highest BCUT2D eigenvalue weighted by molar-refractivity contribution is 7.90. The van der Waals surface area contributed by atoms with Crippen LogP contribution in [0, 0.1) is 11.3 Å². The fourth-order valence-electron chi connectivity index (χ4n) is 6.19. The molecular weight excluding hydrogens is 539 g/mol. The molecule has 0 aromatic heterocycles. The summed E-state index contributed by atoms with van der Waals surface area (Å²) in [4.78, 5) is 16.6. The monoisotopic (exact) mass is 574 g/mol. The van der Waals surface area contributed by atoms with E-state index in [-0.39, 0.29) is 35.1 Å². The minimum absolute atomic E-state index is 0.0379. The molecule has 204 valence electrons. The molecule has 5 rings (SSSR count). The lowest BCUT2D eigenvalue weighted by Crippen LogP contribution is -2.58. The van der Waals surface area contributed by atoms with Crippen molar-refractivity contribution in [3.63, 3.8) is 0 Å². The van der Waals surface area contributed by atoms with Gasteiger partial charge >= 0.3 is 0 Å². The van der Waals surface area contributed by atoms with Crippen molar-refractivity contribution in [3.05, 3.63) is 82.4 Å². The normalized spacial score (nSPS) is 27.0. The number of likely N-dealkylation sites (N-methyl/N-ethyl adjacent to an activating group) is 1. The van der Waals surface area contributed by atoms with Crippen LogP contribution in [0.2, 0.25) is 10.0 Å². The van der Waals surface area contributed by atoms with Crippen LogP contribution in [0.15, 0.2) is 61.2 Å². The summed E-state index contributed by atoms with van der Waals surface area (Å²) in [5, 5.41) is 0.995. The smallest absolute Gasteiger partial charge is 0.229 e. The van der Waals surface area contributed by atoms with Gasteiger partial charge in [0.25, 0.3) is 0 Å². The molecule has 4 atom stereocenters. The quantitative estimate of drug-likeness (QED) is 0.292. The van der Waals surface area contributed by atoms with Crippen LogP contribution < -0.4 is 0 Å². The van der Waals surface area contributed by atoms with Crippen molar-refractivity contribution in [2.45, 2.75) is 68.7 Å². The Morgan fingerprint density at radius 2 is 1.76 bits per heavy atom. The number of sulfonamides is 1. The highest BCUT2D eigenvalue weighted by atomic mass is 35.5. The summed E-state index contributed by atoms with van der Waals surface area (Å²) in [5.74, 6) is 0.283. The van der Waals surface area contributed by atoms with Crippen molar-refractivity contribution in [3.8, 4) is 0 Å². The lowest BCUT2D eigenvalue weighted by atomic mass is 9.67. The second-order valence-electron chi connectivity index (χ2n) is 11.6. The maximum Gasteiger partial charge on any atom is 0.229 e. The van der Waals surface area contributed by atoms with Crippen molar-refractivity contribution >= 4 is 39.1 Å². The van der Waals surface area contributed by atoms with Crippen molar-refractivity contribution in [2.75, 3.05) is 13.6 Å². The van der Waals surface area contributed by atoms with Crippen LogP contribution in [0.4, 0.5) is 0 Å².